The van der Waals surface area contributed by atoms with Gasteiger partial charge in [-0.1, -0.05) is 21.6 Å². The average molecular weight is 303 g/mol. The topological polar surface area (TPSA) is 0 Å². The Kier molecular flexibility index (Phi) is 6.66. The molecule has 0 N–H and O–H groups in total. The van der Waals surface area contributed by atoms with E-state index in [1.807, 2.05) is 0 Å². The minimum Gasteiger partial charge on any atom is -0.160 e. The summed E-state index contributed by atoms with van der Waals surface area (Å²) in [6.07, 6.45) is 0. The fourth-order valence-electron chi connectivity index (χ4n) is 0.916. The van der Waals surface area contributed by atoms with Crippen LogP contribution in [0.2, 0.25) is 0 Å². The average Bonchev–Trinajstić information content (AvgIpc) is 2.03. The Morgan fingerprint density at radius 1 is 0.929 bits per heavy atom. The summed E-state index contributed by atoms with van der Waals surface area (Å²) in [7, 11) is 4.17. The first-order valence-electron chi connectivity index (χ1n) is 4.58. The SMILES string of the molecule is C(SCSC1CSC1)SSC1CSC1. The third kappa shape index (κ3) is 4.53. The summed E-state index contributed by atoms with van der Waals surface area (Å²) in [6, 6.07) is 0. The Bertz CT molecular complexity index is 138. The molecule has 0 nitrogen and oxygen atoms in total. The van der Waals surface area contributed by atoms with Gasteiger partial charge in [0, 0.05) is 38.6 Å². The molecule has 2 rings (SSSR count). The highest BCUT2D eigenvalue weighted by Crippen LogP contribution is 2.39. The smallest absolute Gasteiger partial charge is 0.0504 e. The van der Waals surface area contributed by atoms with Crippen molar-refractivity contribution < 1.29 is 0 Å². The molecule has 0 aromatic carbocycles. The van der Waals surface area contributed by atoms with Crippen molar-refractivity contribution in [3.63, 3.8) is 0 Å². The molecule has 6 heteroatoms. The van der Waals surface area contributed by atoms with Crippen LogP contribution in [0.15, 0.2) is 0 Å². The summed E-state index contributed by atoms with van der Waals surface area (Å²) >= 11 is 8.42. The molecule has 0 bridgehead atoms. The molecular formula is C8H14S6. The molecule has 2 fully saturated rings. The van der Waals surface area contributed by atoms with Crippen LogP contribution >= 0.6 is 68.6 Å². The number of thioether (sulfide) groups is 4. The number of rotatable bonds is 7. The van der Waals surface area contributed by atoms with Gasteiger partial charge in [0.25, 0.3) is 0 Å². The van der Waals surface area contributed by atoms with Crippen LogP contribution < -0.4 is 0 Å². The van der Waals surface area contributed by atoms with Crippen LogP contribution in [0.1, 0.15) is 0 Å². The van der Waals surface area contributed by atoms with E-state index in [2.05, 4.69) is 68.6 Å². The van der Waals surface area contributed by atoms with Crippen LogP contribution in [0.4, 0.5) is 0 Å². The summed E-state index contributed by atoms with van der Waals surface area (Å²) in [4.78, 5) is 0. The van der Waals surface area contributed by atoms with Crippen molar-refractivity contribution in [2.75, 3.05) is 33.2 Å². The summed E-state index contributed by atoms with van der Waals surface area (Å²) in [5, 5.41) is 4.52. The molecule has 0 aliphatic carbocycles. The zero-order valence-electron chi connectivity index (χ0n) is 7.85. The second kappa shape index (κ2) is 7.43. The van der Waals surface area contributed by atoms with Gasteiger partial charge in [-0.3, -0.25) is 0 Å². The standard InChI is InChI=1S/C8H14S6/c1-7(2-9-1)12-5-11-6-13-14-8-3-10-4-8/h7-8H,1-6H2. The Hall–Kier alpha value is 2.10. The summed E-state index contributed by atoms with van der Waals surface area (Å²) < 4.78 is 0. The lowest BCUT2D eigenvalue weighted by atomic mass is 10.5. The molecule has 0 unspecified atom stereocenters. The predicted molar refractivity (Wildman–Crippen MR) is 82.3 cm³/mol. The molecule has 2 saturated heterocycles. The van der Waals surface area contributed by atoms with E-state index in [0.29, 0.717) is 0 Å². The molecule has 0 aromatic rings. The fraction of sp³-hybridized carbons (Fsp3) is 1.00. The lowest BCUT2D eigenvalue weighted by Gasteiger charge is -2.24. The van der Waals surface area contributed by atoms with Gasteiger partial charge in [-0.15, -0.1) is 23.5 Å². The summed E-state index contributed by atoms with van der Waals surface area (Å²) in [6.45, 7) is 0. The van der Waals surface area contributed by atoms with E-state index in [0.717, 1.165) is 10.5 Å². The molecule has 2 heterocycles. The highest BCUT2D eigenvalue weighted by Gasteiger charge is 2.19. The van der Waals surface area contributed by atoms with Crippen molar-refractivity contribution in [2.45, 2.75) is 10.5 Å². The minimum absolute atomic E-state index is 0.960. The lowest BCUT2D eigenvalue weighted by molar-refractivity contribution is 1.09. The van der Waals surface area contributed by atoms with Gasteiger partial charge in [0.1, 0.15) is 0 Å². The van der Waals surface area contributed by atoms with Gasteiger partial charge in [-0.2, -0.15) is 23.5 Å². The van der Waals surface area contributed by atoms with Gasteiger partial charge < -0.3 is 0 Å². The van der Waals surface area contributed by atoms with E-state index in [4.69, 9.17) is 0 Å². The fourth-order valence-corrected chi connectivity index (χ4v) is 9.56. The number of hydrogen-bond acceptors (Lipinski definition) is 6. The largest absolute Gasteiger partial charge is 0.160 e. The number of hydrogen-bond donors (Lipinski definition) is 0. The first-order chi connectivity index (χ1) is 6.95. The maximum absolute atomic E-state index is 2.16. The van der Waals surface area contributed by atoms with Gasteiger partial charge in [-0.25, -0.2) is 0 Å². The Balaban J connectivity index is 1.32. The van der Waals surface area contributed by atoms with E-state index in [9.17, 15) is 0 Å². The van der Waals surface area contributed by atoms with Gasteiger partial charge >= 0.3 is 0 Å². The predicted octanol–water partition coefficient (Wildman–Crippen LogP) is 3.98. The molecule has 0 atom stereocenters. The van der Waals surface area contributed by atoms with Crippen molar-refractivity contribution in [1.82, 2.24) is 0 Å². The van der Waals surface area contributed by atoms with Crippen LogP contribution in [0, 0.1) is 0 Å². The third-order valence-electron chi connectivity index (χ3n) is 1.94. The molecule has 0 saturated carbocycles. The first-order valence-corrected chi connectivity index (χ1v) is 11.5. The maximum atomic E-state index is 2.16. The second-order valence-corrected chi connectivity index (χ2v) is 11.0. The van der Waals surface area contributed by atoms with E-state index in [-0.39, 0.29) is 0 Å². The zero-order valence-corrected chi connectivity index (χ0v) is 12.7. The van der Waals surface area contributed by atoms with Gasteiger partial charge in [0.05, 0.1) is 5.08 Å². The molecule has 0 spiro atoms. The van der Waals surface area contributed by atoms with Gasteiger partial charge in [0.15, 0.2) is 0 Å². The van der Waals surface area contributed by atoms with Crippen molar-refractivity contribution in [3.8, 4) is 0 Å². The lowest BCUT2D eigenvalue weighted by Crippen LogP contribution is -2.20. The molecule has 2 aliphatic rings. The van der Waals surface area contributed by atoms with Crippen LogP contribution in [0.25, 0.3) is 0 Å². The van der Waals surface area contributed by atoms with Crippen molar-refractivity contribution in [1.29, 1.82) is 0 Å². The summed E-state index contributed by atoms with van der Waals surface area (Å²) in [5.74, 6) is 5.56. The Morgan fingerprint density at radius 3 is 2.21 bits per heavy atom. The Morgan fingerprint density at radius 2 is 1.64 bits per heavy atom. The van der Waals surface area contributed by atoms with Crippen LogP contribution in [0.5, 0.6) is 0 Å². The quantitative estimate of drug-likeness (QED) is 0.393. The van der Waals surface area contributed by atoms with Crippen LogP contribution in [-0.4, -0.2) is 43.7 Å². The third-order valence-corrected chi connectivity index (χ3v) is 11.2. The molecule has 0 radical (unpaired) electrons. The normalized spacial score (nSPS) is 23.1. The van der Waals surface area contributed by atoms with Gasteiger partial charge in [0.2, 0.25) is 0 Å². The molecular weight excluding hydrogens is 288 g/mol. The van der Waals surface area contributed by atoms with Crippen molar-refractivity contribution >= 4 is 68.6 Å². The molecule has 82 valence electrons. The monoisotopic (exact) mass is 302 g/mol. The highest BCUT2D eigenvalue weighted by atomic mass is 33.1. The minimum atomic E-state index is 0.960. The second-order valence-electron chi connectivity index (χ2n) is 3.14. The molecule has 0 amide bonds. The highest BCUT2D eigenvalue weighted by molar-refractivity contribution is 8.78. The van der Waals surface area contributed by atoms with Crippen molar-refractivity contribution in [2.24, 2.45) is 0 Å². The molecule has 14 heavy (non-hydrogen) atoms. The van der Waals surface area contributed by atoms with Gasteiger partial charge in [-0.05, 0) is 0 Å². The van der Waals surface area contributed by atoms with Crippen molar-refractivity contribution in [3.05, 3.63) is 0 Å². The molecule has 2 aliphatic heterocycles. The van der Waals surface area contributed by atoms with E-state index >= 15 is 0 Å². The van der Waals surface area contributed by atoms with E-state index in [1.54, 1.807) is 0 Å². The zero-order chi connectivity index (χ0) is 9.64. The first kappa shape index (κ1) is 12.6. The molecule has 0 aromatic heterocycles. The van der Waals surface area contributed by atoms with E-state index in [1.165, 1.54) is 33.2 Å². The van der Waals surface area contributed by atoms with Crippen LogP contribution in [-0.2, 0) is 0 Å². The Labute approximate surface area is 111 Å². The maximum Gasteiger partial charge on any atom is 0.0504 e. The van der Waals surface area contributed by atoms with E-state index < -0.39 is 0 Å². The van der Waals surface area contributed by atoms with Crippen LogP contribution in [0.3, 0.4) is 0 Å². The summed E-state index contributed by atoms with van der Waals surface area (Å²) in [5.41, 5.74) is 0.